The maximum Gasteiger partial charge on any atom is 0.128 e. The van der Waals surface area contributed by atoms with E-state index in [9.17, 15) is 0 Å². The van der Waals surface area contributed by atoms with Gasteiger partial charge in [0.25, 0.3) is 0 Å². The van der Waals surface area contributed by atoms with Gasteiger partial charge in [0.05, 0.1) is 12.2 Å². The van der Waals surface area contributed by atoms with Gasteiger partial charge in [0.1, 0.15) is 17.1 Å². The van der Waals surface area contributed by atoms with Crippen molar-refractivity contribution in [2.45, 2.75) is 71.4 Å². The van der Waals surface area contributed by atoms with E-state index >= 15 is 0 Å². The molecule has 1 atom stereocenters. The molecule has 1 aliphatic rings. The Kier molecular flexibility index (Phi) is 6.13. The Balaban J connectivity index is 2.21. The van der Waals surface area contributed by atoms with E-state index in [1.165, 1.54) is 18.4 Å². The zero-order valence-electron chi connectivity index (χ0n) is 14.6. The smallest absolute Gasteiger partial charge is 0.128 e. The van der Waals surface area contributed by atoms with Crippen molar-refractivity contribution in [2.75, 3.05) is 13.2 Å². The third-order valence-electron chi connectivity index (χ3n) is 4.13. The Hall–Kier alpha value is -1.22. The number of unbranched alkanes of at least 4 members (excludes halogenated alkanes) is 2. The molecular formula is C19H31NO2. The van der Waals surface area contributed by atoms with Crippen LogP contribution >= 0.6 is 0 Å². The molecule has 0 aromatic heterocycles. The van der Waals surface area contributed by atoms with E-state index in [0.717, 1.165) is 43.9 Å². The topological polar surface area (TPSA) is 30.5 Å². The molecule has 1 heterocycles. The van der Waals surface area contributed by atoms with E-state index in [0.29, 0.717) is 6.04 Å². The zero-order chi connectivity index (χ0) is 16.0. The minimum atomic E-state index is -0.140. The third kappa shape index (κ3) is 4.39. The summed E-state index contributed by atoms with van der Waals surface area (Å²) in [4.78, 5) is 0. The third-order valence-corrected chi connectivity index (χ3v) is 4.13. The van der Waals surface area contributed by atoms with Gasteiger partial charge in [-0.15, -0.1) is 0 Å². The molecule has 124 valence electrons. The molecule has 0 spiro atoms. The van der Waals surface area contributed by atoms with Crippen LogP contribution in [0.5, 0.6) is 11.5 Å². The summed E-state index contributed by atoms with van der Waals surface area (Å²) in [6, 6.07) is 6.48. The van der Waals surface area contributed by atoms with Gasteiger partial charge in [0.2, 0.25) is 0 Å². The van der Waals surface area contributed by atoms with Gasteiger partial charge in [0.15, 0.2) is 0 Å². The standard InChI is InChI=1S/C19H31NO2/c1-5-7-12-20-15-14-19(3,4)22-17-11-9-10-16(18(15)17)21-13-8-6-2/h9-11,15,20H,5-8,12-14H2,1-4H3. The van der Waals surface area contributed by atoms with E-state index in [1.54, 1.807) is 0 Å². The molecule has 0 bridgehead atoms. The summed E-state index contributed by atoms with van der Waals surface area (Å²) >= 11 is 0. The fraction of sp³-hybridized carbons (Fsp3) is 0.684. The monoisotopic (exact) mass is 305 g/mol. The first-order valence-corrected chi connectivity index (χ1v) is 8.75. The largest absolute Gasteiger partial charge is 0.493 e. The highest BCUT2D eigenvalue weighted by molar-refractivity contribution is 5.48. The number of ether oxygens (including phenoxy) is 2. The van der Waals surface area contributed by atoms with Crippen molar-refractivity contribution in [2.24, 2.45) is 0 Å². The van der Waals surface area contributed by atoms with Crippen molar-refractivity contribution >= 4 is 0 Å². The first kappa shape index (κ1) is 17.1. The maximum absolute atomic E-state index is 6.18. The summed E-state index contributed by atoms with van der Waals surface area (Å²) < 4.78 is 12.2. The lowest BCUT2D eigenvalue weighted by Gasteiger charge is -2.38. The first-order valence-electron chi connectivity index (χ1n) is 8.75. The molecule has 0 saturated carbocycles. The lowest BCUT2D eigenvalue weighted by atomic mass is 9.89. The van der Waals surface area contributed by atoms with Crippen molar-refractivity contribution < 1.29 is 9.47 Å². The van der Waals surface area contributed by atoms with Crippen molar-refractivity contribution in [3.8, 4) is 11.5 Å². The summed E-state index contributed by atoms with van der Waals surface area (Å²) in [6.45, 7) is 10.6. The fourth-order valence-corrected chi connectivity index (χ4v) is 2.97. The van der Waals surface area contributed by atoms with Crippen molar-refractivity contribution in [3.63, 3.8) is 0 Å². The van der Waals surface area contributed by atoms with Gasteiger partial charge < -0.3 is 14.8 Å². The lowest BCUT2D eigenvalue weighted by molar-refractivity contribution is 0.0644. The van der Waals surface area contributed by atoms with Crippen LogP contribution in [-0.2, 0) is 0 Å². The highest BCUT2D eigenvalue weighted by Crippen LogP contribution is 2.44. The van der Waals surface area contributed by atoms with Gasteiger partial charge in [-0.05, 0) is 45.4 Å². The van der Waals surface area contributed by atoms with Crippen LogP contribution < -0.4 is 14.8 Å². The van der Waals surface area contributed by atoms with Gasteiger partial charge in [-0.3, -0.25) is 0 Å². The Bertz CT molecular complexity index is 471. The van der Waals surface area contributed by atoms with Gasteiger partial charge in [-0.25, -0.2) is 0 Å². The summed E-state index contributed by atoms with van der Waals surface area (Å²) in [5.41, 5.74) is 1.06. The predicted octanol–water partition coefficient (Wildman–Crippen LogP) is 4.86. The molecule has 1 unspecified atom stereocenters. The van der Waals surface area contributed by atoms with E-state index in [2.05, 4.69) is 45.1 Å². The minimum absolute atomic E-state index is 0.140. The number of fused-ring (bicyclic) bond motifs is 1. The van der Waals surface area contributed by atoms with Crippen LogP contribution in [0.25, 0.3) is 0 Å². The molecular weight excluding hydrogens is 274 g/mol. The number of rotatable bonds is 8. The van der Waals surface area contributed by atoms with Crippen LogP contribution in [0, 0.1) is 0 Å². The van der Waals surface area contributed by atoms with Crippen LogP contribution in [0.2, 0.25) is 0 Å². The van der Waals surface area contributed by atoms with Crippen molar-refractivity contribution in [1.29, 1.82) is 0 Å². The first-order chi connectivity index (χ1) is 10.6. The highest BCUT2D eigenvalue weighted by atomic mass is 16.5. The number of nitrogens with one attached hydrogen (secondary N) is 1. The summed E-state index contributed by atoms with van der Waals surface area (Å²) in [5.74, 6) is 1.95. The molecule has 2 rings (SSSR count). The van der Waals surface area contributed by atoms with Crippen LogP contribution in [0.15, 0.2) is 18.2 Å². The Morgan fingerprint density at radius 2 is 2.00 bits per heavy atom. The second-order valence-electron chi connectivity index (χ2n) is 6.80. The van der Waals surface area contributed by atoms with Gasteiger partial charge in [-0.1, -0.05) is 32.8 Å². The summed E-state index contributed by atoms with van der Waals surface area (Å²) in [6.07, 6.45) is 5.62. The average Bonchev–Trinajstić information content (AvgIpc) is 2.46. The molecule has 3 heteroatoms. The molecule has 1 aliphatic heterocycles. The molecule has 1 aromatic carbocycles. The molecule has 1 aromatic rings. The minimum Gasteiger partial charge on any atom is -0.493 e. The van der Waals surface area contributed by atoms with Gasteiger partial charge >= 0.3 is 0 Å². The predicted molar refractivity (Wildman–Crippen MR) is 91.8 cm³/mol. The maximum atomic E-state index is 6.18. The van der Waals surface area contributed by atoms with Crippen LogP contribution in [-0.4, -0.2) is 18.8 Å². The molecule has 3 nitrogen and oxygen atoms in total. The Morgan fingerprint density at radius 3 is 2.73 bits per heavy atom. The average molecular weight is 305 g/mol. The zero-order valence-corrected chi connectivity index (χ0v) is 14.6. The highest BCUT2D eigenvalue weighted by Gasteiger charge is 2.35. The molecule has 1 N–H and O–H groups in total. The second kappa shape index (κ2) is 7.87. The molecule has 0 fully saturated rings. The van der Waals surface area contributed by atoms with E-state index < -0.39 is 0 Å². The Labute approximate surface area is 135 Å². The molecule has 0 amide bonds. The van der Waals surface area contributed by atoms with Gasteiger partial charge in [-0.2, -0.15) is 0 Å². The van der Waals surface area contributed by atoms with Crippen molar-refractivity contribution in [1.82, 2.24) is 5.32 Å². The summed E-state index contributed by atoms with van der Waals surface area (Å²) in [7, 11) is 0. The SMILES string of the molecule is CCCCNC1CC(C)(C)Oc2cccc(OCCCC)c21. The lowest BCUT2D eigenvalue weighted by Crippen LogP contribution is -2.40. The van der Waals surface area contributed by atoms with E-state index in [1.807, 2.05) is 6.07 Å². The van der Waals surface area contributed by atoms with Crippen molar-refractivity contribution in [3.05, 3.63) is 23.8 Å². The Morgan fingerprint density at radius 1 is 1.23 bits per heavy atom. The molecule has 0 saturated heterocycles. The number of hydrogen-bond acceptors (Lipinski definition) is 3. The van der Waals surface area contributed by atoms with E-state index in [4.69, 9.17) is 9.47 Å². The van der Waals surface area contributed by atoms with Crippen LogP contribution in [0.4, 0.5) is 0 Å². The van der Waals surface area contributed by atoms with E-state index in [-0.39, 0.29) is 5.60 Å². The normalized spacial score (nSPS) is 19.4. The quantitative estimate of drug-likeness (QED) is 0.696. The number of benzene rings is 1. The second-order valence-corrected chi connectivity index (χ2v) is 6.80. The fourth-order valence-electron chi connectivity index (χ4n) is 2.97. The van der Waals surface area contributed by atoms with Gasteiger partial charge in [0, 0.05) is 12.5 Å². The van der Waals surface area contributed by atoms with Crippen LogP contribution in [0.3, 0.4) is 0 Å². The molecule has 22 heavy (non-hydrogen) atoms. The molecule has 0 aliphatic carbocycles. The summed E-state index contributed by atoms with van der Waals surface area (Å²) in [5, 5.41) is 3.71. The van der Waals surface area contributed by atoms with Crippen LogP contribution in [0.1, 0.15) is 71.4 Å². The number of hydrogen-bond donors (Lipinski definition) is 1. The molecule has 0 radical (unpaired) electrons.